The Balaban J connectivity index is 0.000000136. The molecule has 0 amide bonds. The first-order valence-corrected chi connectivity index (χ1v) is 11.2. The lowest BCUT2D eigenvalue weighted by atomic mass is 10.5. The van der Waals surface area contributed by atoms with E-state index in [0.29, 0.717) is 33.5 Å². The van der Waals surface area contributed by atoms with E-state index in [1.165, 1.54) is 53.8 Å². The van der Waals surface area contributed by atoms with Crippen LogP contribution < -0.4 is 33.7 Å². The van der Waals surface area contributed by atoms with Crippen LogP contribution in [-0.2, 0) is 42.3 Å². The van der Waals surface area contributed by atoms with E-state index >= 15 is 0 Å². The van der Waals surface area contributed by atoms with Gasteiger partial charge in [0.1, 0.15) is 16.6 Å². The van der Waals surface area contributed by atoms with Gasteiger partial charge in [0.2, 0.25) is 0 Å². The van der Waals surface area contributed by atoms with Gasteiger partial charge in [-0.1, -0.05) is 0 Å². The van der Waals surface area contributed by atoms with Crippen molar-refractivity contribution in [1.82, 2.24) is 57.3 Å². The lowest BCUT2D eigenvalue weighted by Crippen LogP contribution is -2.36. The fraction of sp³-hybridized carbons (Fsp3) is 0.286. The minimum atomic E-state index is -0.371. The molecule has 0 aliphatic rings. The van der Waals surface area contributed by atoms with Crippen molar-refractivity contribution in [3.63, 3.8) is 0 Å². The molecule has 6 aromatic heterocycles. The minimum absolute atomic E-state index is 0.351. The average Bonchev–Trinajstić information content (AvgIpc) is 3.71. The largest absolute Gasteiger partial charge is 0.339 e. The van der Waals surface area contributed by atoms with Crippen LogP contribution >= 0.6 is 0 Å². The third-order valence-electron chi connectivity index (χ3n) is 6.09. The Morgan fingerprint density at radius 1 is 0.436 bits per heavy atom. The van der Waals surface area contributed by atoms with Crippen molar-refractivity contribution in [2.45, 2.75) is 0 Å². The van der Waals surface area contributed by atoms with Crippen LogP contribution in [0.1, 0.15) is 0 Å². The van der Waals surface area contributed by atoms with E-state index in [1.54, 1.807) is 21.1 Å². The minimum Gasteiger partial charge on any atom is -0.339 e. The molecule has 0 fully saturated rings. The second-order valence-corrected chi connectivity index (χ2v) is 8.42. The Labute approximate surface area is 215 Å². The molecular weight excluding hydrogens is 516 g/mol. The number of hydrogen-bond acceptors (Lipinski definition) is 9. The van der Waals surface area contributed by atoms with Crippen LogP contribution in [0.5, 0.6) is 0 Å². The summed E-state index contributed by atoms with van der Waals surface area (Å²) in [6.45, 7) is 0. The van der Waals surface area contributed by atoms with Crippen LogP contribution in [0.2, 0.25) is 0 Å². The van der Waals surface area contributed by atoms with Crippen molar-refractivity contribution in [3.8, 4) is 0 Å². The predicted octanol–water partition coefficient (Wildman–Crippen LogP) is -3.12. The number of aryl methyl sites for hydroxylation is 3. The molecule has 0 saturated heterocycles. The van der Waals surface area contributed by atoms with Gasteiger partial charge in [-0.25, -0.2) is 29.3 Å². The van der Waals surface area contributed by atoms with Crippen LogP contribution in [0.25, 0.3) is 33.5 Å². The van der Waals surface area contributed by atoms with Crippen molar-refractivity contribution >= 4 is 33.5 Å². The molecule has 0 spiro atoms. The standard InChI is InChI=1S/3C7H8N4O2/c3*1-10-5-4(8-3-9-5)6(12)11(2)7(10)13/h3*3H,1-2H3,(H,8,9). The topological polar surface area (TPSA) is 218 Å². The third kappa shape index (κ3) is 4.22. The van der Waals surface area contributed by atoms with E-state index < -0.39 is 0 Å². The van der Waals surface area contributed by atoms with Crippen molar-refractivity contribution in [2.24, 2.45) is 42.3 Å². The van der Waals surface area contributed by atoms with Gasteiger partial charge in [-0.2, -0.15) is 0 Å². The van der Waals surface area contributed by atoms with Crippen molar-refractivity contribution in [1.29, 1.82) is 0 Å². The summed E-state index contributed by atoms with van der Waals surface area (Å²) in [5.41, 5.74) is 0.0358. The molecule has 0 bridgehead atoms. The van der Waals surface area contributed by atoms with Gasteiger partial charge >= 0.3 is 17.1 Å². The van der Waals surface area contributed by atoms with Gasteiger partial charge in [0.25, 0.3) is 16.7 Å². The first kappa shape index (κ1) is 26.5. The Hall–Kier alpha value is -5.55. The number of H-pyrrole nitrogens is 3. The highest BCUT2D eigenvalue weighted by molar-refractivity contribution is 5.69. The van der Waals surface area contributed by atoms with Crippen LogP contribution in [0, 0.1) is 0 Å². The van der Waals surface area contributed by atoms with E-state index in [1.807, 2.05) is 0 Å². The van der Waals surface area contributed by atoms with E-state index in [9.17, 15) is 28.8 Å². The zero-order valence-corrected chi connectivity index (χ0v) is 21.7. The third-order valence-corrected chi connectivity index (χ3v) is 6.09. The van der Waals surface area contributed by atoms with E-state index in [2.05, 4.69) is 29.9 Å². The number of rotatable bonds is 0. The number of fused-ring (bicyclic) bond motifs is 3. The average molecular weight is 541 g/mol. The second kappa shape index (κ2) is 9.72. The highest BCUT2D eigenvalue weighted by Gasteiger charge is 2.11. The summed E-state index contributed by atoms with van der Waals surface area (Å²) < 4.78 is 7.11. The monoisotopic (exact) mass is 540 g/mol. The molecule has 0 saturated carbocycles. The summed E-state index contributed by atoms with van der Waals surface area (Å²) >= 11 is 0. The molecule has 0 aliphatic carbocycles. The molecule has 3 N–H and O–H groups in total. The highest BCUT2D eigenvalue weighted by Crippen LogP contribution is 1.99. The van der Waals surface area contributed by atoms with E-state index in [-0.39, 0.29) is 33.7 Å². The molecule has 0 aliphatic heterocycles. The van der Waals surface area contributed by atoms with Crippen LogP contribution in [0.3, 0.4) is 0 Å². The summed E-state index contributed by atoms with van der Waals surface area (Å²) in [4.78, 5) is 88.1. The molecule has 204 valence electrons. The van der Waals surface area contributed by atoms with Gasteiger partial charge in [-0.05, 0) is 0 Å². The molecule has 39 heavy (non-hydrogen) atoms. The molecule has 6 heterocycles. The summed E-state index contributed by atoms with van der Waals surface area (Å²) in [6, 6.07) is 0. The van der Waals surface area contributed by atoms with Gasteiger partial charge < -0.3 is 15.0 Å². The maximum atomic E-state index is 11.4. The first-order valence-electron chi connectivity index (χ1n) is 11.2. The smallest absolute Gasteiger partial charge is 0.332 e. The molecular formula is C21H24N12O6. The number of imidazole rings is 3. The number of hydrogen-bond donors (Lipinski definition) is 3. The van der Waals surface area contributed by atoms with Crippen molar-refractivity contribution in [2.75, 3.05) is 0 Å². The summed E-state index contributed by atoms with van der Waals surface area (Å²) in [5, 5.41) is 0. The molecule has 0 atom stereocenters. The summed E-state index contributed by atoms with van der Waals surface area (Å²) in [5.74, 6) is 0. The quantitative estimate of drug-likeness (QED) is 0.177. The lowest BCUT2D eigenvalue weighted by molar-refractivity contribution is 0.709. The Morgan fingerprint density at radius 3 is 0.897 bits per heavy atom. The fourth-order valence-corrected chi connectivity index (χ4v) is 3.81. The SMILES string of the molecule is Cn1c(=O)c2[nH]cnc2n(C)c1=O.Cn1c(=O)c2[nH]cnc2n(C)c1=O.Cn1c(=O)c2[nH]cnc2n(C)c1=O. The van der Waals surface area contributed by atoms with Crippen molar-refractivity contribution < 1.29 is 0 Å². The summed E-state index contributed by atoms with van der Waals surface area (Å²) in [6.07, 6.45) is 4.18. The fourth-order valence-electron chi connectivity index (χ4n) is 3.81. The van der Waals surface area contributed by atoms with Gasteiger partial charge in [-0.3, -0.25) is 41.8 Å². The maximum absolute atomic E-state index is 11.4. The second-order valence-electron chi connectivity index (χ2n) is 8.42. The lowest BCUT2D eigenvalue weighted by Gasteiger charge is -2.00. The zero-order valence-electron chi connectivity index (χ0n) is 21.7. The molecule has 0 radical (unpaired) electrons. The Kier molecular flexibility index (Phi) is 6.61. The van der Waals surface area contributed by atoms with E-state index in [4.69, 9.17) is 0 Å². The summed E-state index contributed by atoms with van der Waals surface area (Å²) in [7, 11) is 9.03. The van der Waals surface area contributed by atoms with E-state index in [0.717, 1.165) is 13.7 Å². The highest BCUT2D eigenvalue weighted by atomic mass is 16.2. The number of aromatic nitrogens is 12. The maximum Gasteiger partial charge on any atom is 0.332 e. The molecule has 0 unspecified atom stereocenters. The van der Waals surface area contributed by atoms with Gasteiger partial charge in [0, 0.05) is 42.3 Å². The van der Waals surface area contributed by atoms with Gasteiger partial charge in [-0.15, -0.1) is 0 Å². The Bertz CT molecular complexity index is 1970. The molecule has 0 aromatic carbocycles. The number of nitrogens with one attached hydrogen (secondary N) is 3. The normalized spacial score (nSPS) is 10.9. The van der Waals surface area contributed by atoms with Crippen LogP contribution in [0.15, 0.2) is 47.7 Å². The van der Waals surface area contributed by atoms with Crippen LogP contribution in [0.4, 0.5) is 0 Å². The molecule has 6 aromatic rings. The molecule has 6 rings (SSSR count). The van der Waals surface area contributed by atoms with Crippen molar-refractivity contribution in [3.05, 3.63) is 81.5 Å². The molecule has 18 nitrogen and oxygen atoms in total. The number of aromatic amines is 3. The number of nitrogens with zero attached hydrogens (tertiary/aromatic N) is 9. The Morgan fingerprint density at radius 2 is 0.667 bits per heavy atom. The first-order chi connectivity index (χ1) is 18.4. The van der Waals surface area contributed by atoms with Crippen LogP contribution in [-0.4, -0.2) is 57.3 Å². The zero-order chi connectivity index (χ0) is 28.8. The van der Waals surface area contributed by atoms with Gasteiger partial charge in [0.05, 0.1) is 19.0 Å². The molecule has 18 heteroatoms. The predicted molar refractivity (Wildman–Crippen MR) is 140 cm³/mol. The van der Waals surface area contributed by atoms with Gasteiger partial charge in [0.15, 0.2) is 16.9 Å².